The second-order valence-corrected chi connectivity index (χ2v) is 4.85. The van der Waals surface area contributed by atoms with Gasteiger partial charge >= 0.3 is 12.0 Å². The molecule has 2 rings (SSSR count). The minimum Gasteiger partial charge on any atom is -0.481 e. The Morgan fingerprint density at radius 3 is 2.75 bits per heavy atom. The Balaban J connectivity index is 1.67. The monoisotopic (exact) mass is 282 g/mol. The number of carboxylic acids is 1. The summed E-state index contributed by atoms with van der Waals surface area (Å²) in [6.45, 7) is 1.55. The summed E-state index contributed by atoms with van der Waals surface area (Å²) in [5.74, 6) is 0.0762. The molecular formula is C11H18N6O3. The molecule has 20 heavy (non-hydrogen) atoms. The quantitative estimate of drug-likeness (QED) is 0.697. The lowest BCUT2D eigenvalue weighted by atomic mass is 9.92. The van der Waals surface area contributed by atoms with Crippen LogP contribution >= 0.6 is 0 Å². The summed E-state index contributed by atoms with van der Waals surface area (Å²) in [6, 6.07) is -0.147. The molecule has 9 heteroatoms. The van der Waals surface area contributed by atoms with Gasteiger partial charge in [0.25, 0.3) is 0 Å². The van der Waals surface area contributed by atoms with Crippen LogP contribution in [-0.2, 0) is 11.3 Å². The van der Waals surface area contributed by atoms with Gasteiger partial charge in [-0.25, -0.2) is 4.79 Å². The second kappa shape index (κ2) is 6.83. The standard InChI is InChI=1S/C11H18N6O3/c18-10(19)2-1-8-3-5-17(6-4-8)11(20)12-7-9-13-15-16-14-9/h8H,1-7H2,(H,12,20)(H,18,19)(H,13,14,15,16). The molecule has 110 valence electrons. The third-order valence-electron chi connectivity index (χ3n) is 3.46. The minimum absolute atomic E-state index is 0.147. The molecule has 1 saturated heterocycles. The average molecular weight is 282 g/mol. The van der Waals surface area contributed by atoms with E-state index in [2.05, 4.69) is 25.9 Å². The summed E-state index contributed by atoms with van der Waals surface area (Å²) in [5, 5.41) is 24.6. The number of carbonyl (C=O) groups excluding carboxylic acids is 1. The zero-order chi connectivity index (χ0) is 14.4. The first-order chi connectivity index (χ1) is 9.65. The molecule has 0 saturated carbocycles. The van der Waals surface area contributed by atoms with Crippen molar-refractivity contribution >= 4 is 12.0 Å². The lowest BCUT2D eigenvalue weighted by Crippen LogP contribution is -2.44. The molecule has 9 nitrogen and oxygen atoms in total. The van der Waals surface area contributed by atoms with Crippen LogP contribution in [0.5, 0.6) is 0 Å². The Hall–Kier alpha value is -2.19. The maximum atomic E-state index is 11.9. The van der Waals surface area contributed by atoms with Crippen LogP contribution < -0.4 is 5.32 Å². The van der Waals surface area contributed by atoms with Crippen LogP contribution in [-0.4, -0.2) is 55.7 Å². The molecule has 0 bridgehead atoms. The number of hydrogen-bond acceptors (Lipinski definition) is 5. The van der Waals surface area contributed by atoms with Crippen molar-refractivity contribution < 1.29 is 14.7 Å². The molecule has 0 radical (unpaired) electrons. The van der Waals surface area contributed by atoms with Crippen LogP contribution in [0.25, 0.3) is 0 Å². The Labute approximate surface area is 115 Å². The highest BCUT2D eigenvalue weighted by Crippen LogP contribution is 2.21. The molecule has 0 aliphatic carbocycles. The number of aromatic amines is 1. The largest absolute Gasteiger partial charge is 0.481 e. The molecule has 1 fully saturated rings. The smallest absolute Gasteiger partial charge is 0.317 e. The molecule has 1 aromatic heterocycles. The van der Waals surface area contributed by atoms with Gasteiger partial charge in [0.2, 0.25) is 0 Å². The molecule has 0 aromatic carbocycles. The summed E-state index contributed by atoms with van der Waals surface area (Å²) >= 11 is 0. The lowest BCUT2D eigenvalue weighted by molar-refractivity contribution is -0.137. The van der Waals surface area contributed by atoms with Crippen molar-refractivity contribution in [2.75, 3.05) is 13.1 Å². The Kier molecular flexibility index (Phi) is 4.85. The normalized spacial score (nSPS) is 16.1. The number of carbonyl (C=O) groups is 2. The van der Waals surface area contributed by atoms with Gasteiger partial charge in [-0.15, -0.1) is 10.2 Å². The lowest BCUT2D eigenvalue weighted by Gasteiger charge is -2.31. The van der Waals surface area contributed by atoms with E-state index in [1.54, 1.807) is 4.90 Å². The zero-order valence-electron chi connectivity index (χ0n) is 11.1. The Morgan fingerprint density at radius 2 is 2.15 bits per heavy atom. The number of urea groups is 1. The van der Waals surface area contributed by atoms with E-state index >= 15 is 0 Å². The van der Waals surface area contributed by atoms with Crippen molar-refractivity contribution in [2.45, 2.75) is 32.2 Å². The summed E-state index contributed by atoms with van der Waals surface area (Å²) in [5.41, 5.74) is 0. The van der Waals surface area contributed by atoms with E-state index in [0.717, 1.165) is 12.8 Å². The molecular weight excluding hydrogens is 264 g/mol. The first-order valence-electron chi connectivity index (χ1n) is 6.62. The number of likely N-dealkylation sites (tertiary alicyclic amines) is 1. The van der Waals surface area contributed by atoms with E-state index < -0.39 is 5.97 Å². The maximum absolute atomic E-state index is 11.9. The third kappa shape index (κ3) is 4.18. The summed E-state index contributed by atoms with van der Waals surface area (Å²) in [4.78, 5) is 24.2. The van der Waals surface area contributed by atoms with Crippen LogP contribution in [0, 0.1) is 5.92 Å². The SMILES string of the molecule is O=C(O)CCC1CCN(C(=O)NCc2nn[nH]n2)CC1. The number of nitrogens with one attached hydrogen (secondary N) is 2. The highest BCUT2D eigenvalue weighted by Gasteiger charge is 2.23. The van der Waals surface area contributed by atoms with Gasteiger partial charge in [-0.05, 0) is 25.2 Å². The van der Waals surface area contributed by atoms with E-state index in [1.165, 1.54) is 0 Å². The minimum atomic E-state index is -0.759. The molecule has 2 amide bonds. The summed E-state index contributed by atoms with van der Waals surface area (Å²) in [7, 11) is 0. The van der Waals surface area contributed by atoms with Gasteiger partial charge in [0, 0.05) is 19.5 Å². The van der Waals surface area contributed by atoms with Crippen LogP contribution in [0.1, 0.15) is 31.5 Å². The van der Waals surface area contributed by atoms with Gasteiger partial charge in [0.05, 0.1) is 6.54 Å². The fourth-order valence-corrected chi connectivity index (χ4v) is 2.28. The molecule has 1 aromatic rings. The Bertz CT molecular complexity index is 441. The molecule has 3 N–H and O–H groups in total. The average Bonchev–Trinajstić information content (AvgIpc) is 2.96. The van der Waals surface area contributed by atoms with E-state index in [-0.39, 0.29) is 19.0 Å². The number of piperidine rings is 1. The number of carboxylic acid groups (broad SMARTS) is 1. The van der Waals surface area contributed by atoms with E-state index in [0.29, 0.717) is 31.3 Å². The molecule has 0 spiro atoms. The molecule has 0 atom stereocenters. The van der Waals surface area contributed by atoms with Crippen molar-refractivity contribution in [3.8, 4) is 0 Å². The first-order valence-corrected chi connectivity index (χ1v) is 6.62. The first kappa shape index (κ1) is 14.2. The van der Waals surface area contributed by atoms with Crippen molar-refractivity contribution in [1.29, 1.82) is 0 Å². The Morgan fingerprint density at radius 1 is 1.40 bits per heavy atom. The number of rotatable bonds is 5. The van der Waals surface area contributed by atoms with Crippen LogP contribution in [0.2, 0.25) is 0 Å². The number of hydrogen-bond donors (Lipinski definition) is 3. The van der Waals surface area contributed by atoms with Crippen molar-refractivity contribution in [3.63, 3.8) is 0 Å². The predicted octanol–water partition coefficient (Wildman–Crippen LogP) is -0.0139. The summed E-state index contributed by atoms with van der Waals surface area (Å²) < 4.78 is 0. The number of aliphatic carboxylic acids is 1. The number of amides is 2. The van der Waals surface area contributed by atoms with E-state index in [9.17, 15) is 9.59 Å². The second-order valence-electron chi connectivity index (χ2n) is 4.85. The fourth-order valence-electron chi connectivity index (χ4n) is 2.28. The van der Waals surface area contributed by atoms with Gasteiger partial charge in [-0.2, -0.15) is 5.21 Å². The van der Waals surface area contributed by atoms with Crippen LogP contribution in [0.4, 0.5) is 4.79 Å². The molecule has 1 aliphatic heterocycles. The molecule has 1 aliphatic rings. The zero-order valence-corrected chi connectivity index (χ0v) is 11.1. The van der Waals surface area contributed by atoms with E-state index in [1.807, 2.05) is 0 Å². The van der Waals surface area contributed by atoms with Crippen molar-refractivity contribution in [2.24, 2.45) is 5.92 Å². The van der Waals surface area contributed by atoms with Gasteiger partial charge in [0.15, 0.2) is 5.82 Å². The van der Waals surface area contributed by atoms with Gasteiger partial charge in [-0.3, -0.25) is 4.79 Å². The third-order valence-corrected chi connectivity index (χ3v) is 3.46. The van der Waals surface area contributed by atoms with Gasteiger partial charge < -0.3 is 15.3 Å². The van der Waals surface area contributed by atoms with Crippen LogP contribution in [0.3, 0.4) is 0 Å². The maximum Gasteiger partial charge on any atom is 0.317 e. The van der Waals surface area contributed by atoms with Crippen molar-refractivity contribution in [3.05, 3.63) is 5.82 Å². The van der Waals surface area contributed by atoms with E-state index in [4.69, 9.17) is 5.11 Å². The fraction of sp³-hybridized carbons (Fsp3) is 0.727. The number of aromatic nitrogens is 4. The predicted molar refractivity (Wildman–Crippen MR) is 67.6 cm³/mol. The highest BCUT2D eigenvalue weighted by atomic mass is 16.4. The van der Waals surface area contributed by atoms with Gasteiger partial charge in [-0.1, -0.05) is 5.21 Å². The molecule has 0 unspecified atom stereocenters. The topological polar surface area (TPSA) is 124 Å². The highest BCUT2D eigenvalue weighted by molar-refractivity contribution is 5.74. The van der Waals surface area contributed by atoms with Crippen LogP contribution in [0.15, 0.2) is 0 Å². The molecule has 2 heterocycles. The summed E-state index contributed by atoms with van der Waals surface area (Å²) in [6.07, 6.45) is 2.59. The number of tetrazole rings is 1. The van der Waals surface area contributed by atoms with Crippen molar-refractivity contribution in [1.82, 2.24) is 30.8 Å². The van der Waals surface area contributed by atoms with Gasteiger partial charge in [0.1, 0.15) is 0 Å². The number of nitrogens with zero attached hydrogens (tertiary/aromatic N) is 4. The number of H-pyrrole nitrogens is 1.